The first-order valence-electron chi connectivity index (χ1n) is 5.71. The molecule has 88 valence electrons. The Labute approximate surface area is 96.8 Å². The van der Waals surface area contributed by atoms with Gasteiger partial charge in [0.15, 0.2) is 0 Å². The molecular formula is C13H19NO2. The van der Waals surface area contributed by atoms with Gasteiger partial charge in [-0.3, -0.25) is 0 Å². The second kappa shape index (κ2) is 5.32. The number of ether oxygens (including phenoxy) is 2. The molecule has 1 N–H and O–H groups in total. The molecular weight excluding hydrogens is 202 g/mol. The summed E-state index contributed by atoms with van der Waals surface area (Å²) in [5.74, 6) is 0.956. The highest BCUT2D eigenvalue weighted by Gasteiger charge is 2.28. The Kier molecular flexibility index (Phi) is 3.80. The van der Waals surface area contributed by atoms with Gasteiger partial charge in [-0.05, 0) is 18.9 Å². The van der Waals surface area contributed by atoms with Gasteiger partial charge < -0.3 is 14.8 Å². The predicted molar refractivity (Wildman–Crippen MR) is 63.7 cm³/mol. The maximum atomic E-state index is 5.31. The van der Waals surface area contributed by atoms with Crippen molar-refractivity contribution in [3.63, 3.8) is 0 Å². The van der Waals surface area contributed by atoms with Gasteiger partial charge in [0, 0.05) is 25.3 Å². The standard InChI is InChI=1S/C13H19NO2/c1-15-12-7-11(8-12)14-9-10-5-3-4-6-13(10)16-2/h3-6,11-12,14H,7-9H2,1-2H3. The molecule has 0 aromatic heterocycles. The maximum Gasteiger partial charge on any atom is 0.123 e. The van der Waals surface area contributed by atoms with E-state index in [1.165, 1.54) is 5.56 Å². The highest BCUT2D eigenvalue weighted by molar-refractivity contribution is 5.33. The van der Waals surface area contributed by atoms with Crippen molar-refractivity contribution in [1.82, 2.24) is 5.32 Å². The summed E-state index contributed by atoms with van der Waals surface area (Å²) in [4.78, 5) is 0. The van der Waals surface area contributed by atoms with E-state index < -0.39 is 0 Å². The van der Waals surface area contributed by atoms with Crippen LogP contribution < -0.4 is 10.1 Å². The SMILES string of the molecule is COc1ccccc1CNC1CC(OC)C1. The monoisotopic (exact) mass is 221 g/mol. The van der Waals surface area contributed by atoms with Crippen molar-refractivity contribution < 1.29 is 9.47 Å². The van der Waals surface area contributed by atoms with Gasteiger partial charge in [-0.2, -0.15) is 0 Å². The number of hydrogen-bond donors (Lipinski definition) is 1. The minimum Gasteiger partial charge on any atom is -0.496 e. The lowest BCUT2D eigenvalue weighted by atomic mass is 9.89. The van der Waals surface area contributed by atoms with Gasteiger partial charge >= 0.3 is 0 Å². The fraction of sp³-hybridized carbons (Fsp3) is 0.538. The molecule has 3 heteroatoms. The highest BCUT2D eigenvalue weighted by Crippen LogP contribution is 2.24. The van der Waals surface area contributed by atoms with Crippen LogP contribution in [0.5, 0.6) is 5.75 Å². The smallest absolute Gasteiger partial charge is 0.123 e. The Morgan fingerprint density at radius 1 is 1.25 bits per heavy atom. The normalized spacial score (nSPS) is 23.9. The molecule has 1 aromatic carbocycles. The van der Waals surface area contributed by atoms with Crippen molar-refractivity contribution in [2.45, 2.75) is 31.5 Å². The molecule has 0 heterocycles. The van der Waals surface area contributed by atoms with Crippen LogP contribution in [0.1, 0.15) is 18.4 Å². The van der Waals surface area contributed by atoms with Crippen molar-refractivity contribution in [1.29, 1.82) is 0 Å². The summed E-state index contributed by atoms with van der Waals surface area (Å²) in [7, 11) is 3.49. The van der Waals surface area contributed by atoms with Gasteiger partial charge in [0.25, 0.3) is 0 Å². The van der Waals surface area contributed by atoms with Gasteiger partial charge in [0.1, 0.15) is 5.75 Å². The van der Waals surface area contributed by atoms with Crippen LogP contribution in [0, 0.1) is 0 Å². The van der Waals surface area contributed by atoms with Crippen molar-refractivity contribution in [2.24, 2.45) is 0 Å². The fourth-order valence-corrected chi connectivity index (χ4v) is 2.03. The predicted octanol–water partition coefficient (Wildman–Crippen LogP) is 1.96. The Morgan fingerprint density at radius 2 is 2.00 bits per heavy atom. The lowest BCUT2D eigenvalue weighted by molar-refractivity contribution is 0.0169. The van der Waals surface area contributed by atoms with E-state index in [1.54, 1.807) is 14.2 Å². The summed E-state index contributed by atoms with van der Waals surface area (Å²) in [6.45, 7) is 0.866. The van der Waals surface area contributed by atoms with Gasteiger partial charge in [-0.1, -0.05) is 18.2 Å². The number of para-hydroxylation sites is 1. The van der Waals surface area contributed by atoms with E-state index in [0.29, 0.717) is 12.1 Å². The summed E-state index contributed by atoms with van der Waals surface area (Å²) in [6.07, 6.45) is 2.69. The summed E-state index contributed by atoms with van der Waals surface area (Å²) in [5, 5.41) is 3.51. The Balaban J connectivity index is 1.81. The van der Waals surface area contributed by atoms with E-state index in [4.69, 9.17) is 9.47 Å². The third-order valence-electron chi connectivity index (χ3n) is 3.20. The topological polar surface area (TPSA) is 30.5 Å². The van der Waals surface area contributed by atoms with Crippen LogP contribution in [0.4, 0.5) is 0 Å². The zero-order chi connectivity index (χ0) is 11.4. The molecule has 0 spiro atoms. The fourth-order valence-electron chi connectivity index (χ4n) is 2.03. The first kappa shape index (κ1) is 11.4. The molecule has 0 atom stereocenters. The van der Waals surface area contributed by atoms with Gasteiger partial charge in [-0.15, -0.1) is 0 Å². The number of rotatable bonds is 5. The van der Waals surface area contributed by atoms with Crippen LogP contribution >= 0.6 is 0 Å². The molecule has 1 aliphatic rings. The minimum absolute atomic E-state index is 0.454. The van der Waals surface area contributed by atoms with Crippen LogP contribution in [-0.4, -0.2) is 26.4 Å². The molecule has 0 unspecified atom stereocenters. The van der Waals surface area contributed by atoms with E-state index in [2.05, 4.69) is 11.4 Å². The number of nitrogens with one attached hydrogen (secondary N) is 1. The van der Waals surface area contributed by atoms with Crippen molar-refractivity contribution >= 4 is 0 Å². The largest absolute Gasteiger partial charge is 0.496 e. The van der Waals surface area contributed by atoms with Gasteiger partial charge in [0.2, 0.25) is 0 Å². The quantitative estimate of drug-likeness (QED) is 0.824. The summed E-state index contributed by atoms with van der Waals surface area (Å²) < 4.78 is 10.6. The van der Waals surface area contributed by atoms with Crippen LogP contribution in [0.2, 0.25) is 0 Å². The minimum atomic E-state index is 0.454. The molecule has 3 nitrogen and oxygen atoms in total. The average Bonchev–Trinajstić information content (AvgIpc) is 2.28. The lowest BCUT2D eigenvalue weighted by Crippen LogP contribution is -2.44. The summed E-state index contributed by atoms with van der Waals surface area (Å²) in [5.41, 5.74) is 1.21. The Morgan fingerprint density at radius 3 is 2.69 bits per heavy atom. The molecule has 2 rings (SSSR count). The van der Waals surface area contributed by atoms with Crippen LogP contribution in [0.3, 0.4) is 0 Å². The second-order valence-electron chi connectivity index (χ2n) is 4.22. The number of hydrogen-bond acceptors (Lipinski definition) is 3. The maximum absolute atomic E-state index is 5.31. The zero-order valence-corrected chi connectivity index (χ0v) is 9.90. The molecule has 16 heavy (non-hydrogen) atoms. The molecule has 0 saturated heterocycles. The van der Waals surface area contributed by atoms with E-state index in [9.17, 15) is 0 Å². The second-order valence-corrected chi connectivity index (χ2v) is 4.22. The molecule has 1 aliphatic carbocycles. The van der Waals surface area contributed by atoms with E-state index in [1.807, 2.05) is 18.2 Å². The molecule has 0 aliphatic heterocycles. The van der Waals surface area contributed by atoms with Crippen molar-refractivity contribution in [2.75, 3.05) is 14.2 Å². The summed E-state index contributed by atoms with van der Waals surface area (Å²) in [6, 6.07) is 8.72. The van der Waals surface area contributed by atoms with Gasteiger partial charge in [-0.25, -0.2) is 0 Å². The first-order chi connectivity index (χ1) is 7.83. The first-order valence-corrected chi connectivity index (χ1v) is 5.71. The molecule has 0 radical (unpaired) electrons. The molecule has 1 aromatic rings. The number of methoxy groups -OCH3 is 2. The lowest BCUT2D eigenvalue weighted by Gasteiger charge is -2.34. The van der Waals surface area contributed by atoms with Gasteiger partial charge in [0.05, 0.1) is 13.2 Å². The van der Waals surface area contributed by atoms with Crippen LogP contribution in [-0.2, 0) is 11.3 Å². The highest BCUT2D eigenvalue weighted by atomic mass is 16.5. The molecule has 0 bridgehead atoms. The third kappa shape index (κ3) is 2.54. The number of benzene rings is 1. The van der Waals surface area contributed by atoms with Crippen molar-refractivity contribution in [3.05, 3.63) is 29.8 Å². The average molecular weight is 221 g/mol. The molecule has 1 saturated carbocycles. The van der Waals surface area contributed by atoms with E-state index in [-0.39, 0.29) is 0 Å². The third-order valence-corrected chi connectivity index (χ3v) is 3.20. The van der Waals surface area contributed by atoms with Crippen LogP contribution in [0.25, 0.3) is 0 Å². The zero-order valence-electron chi connectivity index (χ0n) is 9.90. The Hall–Kier alpha value is -1.06. The summed E-state index contributed by atoms with van der Waals surface area (Å²) >= 11 is 0. The molecule has 1 fully saturated rings. The van der Waals surface area contributed by atoms with E-state index >= 15 is 0 Å². The van der Waals surface area contributed by atoms with Crippen molar-refractivity contribution in [3.8, 4) is 5.75 Å². The Bertz CT molecular complexity index is 334. The van der Waals surface area contributed by atoms with E-state index in [0.717, 1.165) is 25.1 Å². The molecule has 0 amide bonds. The van der Waals surface area contributed by atoms with Crippen LogP contribution in [0.15, 0.2) is 24.3 Å².